The molecule has 0 saturated carbocycles. The molecule has 0 spiro atoms. The largest absolute Gasteiger partial charge is 0.457 e. The second-order valence-corrected chi connectivity index (χ2v) is 6.61. The standard InChI is InChI=1S/C19H18O3S/c1-13(21-2)23-16-10-8-14(9-11-16)17-12-22-19(20)18(17)15-6-4-3-5-7-15/h3-11,13H,12H2,1-2H3. The predicted octanol–water partition coefficient (Wildman–Crippen LogP) is 4.24. The fourth-order valence-corrected chi connectivity index (χ4v) is 3.28. The van der Waals surface area contributed by atoms with Crippen molar-refractivity contribution in [3.63, 3.8) is 0 Å². The van der Waals surface area contributed by atoms with Crippen molar-refractivity contribution in [3.8, 4) is 0 Å². The summed E-state index contributed by atoms with van der Waals surface area (Å²) in [6, 6.07) is 17.8. The van der Waals surface area contributed by atoms with Gasteiger partial charge >= 0.3 is 5.97 Å². The minimum absolute atomic E-state index is 0.108. The Bertz CT molecular complexity index is 720. The SMILES string of the molecule is COC(C)Sc1ccc(C2=C(c3ccccc3)C(=O)OC2)cc1. The lowest BCUT2D eigenvalue weighted by atomic mass is 9.97. The minimum atomic E-state index is -0.252. The van der Waals surface area contributed by atoms with E-state index in [1.807, 2.05) is 61.5 Å². The average molecular weight is 326 g/mol. The number of carbonyl (C=O) groups is 1. The summed E-state index contributed by atoms with van der Waals surface area (Å²) < 4.78 is 10.5. The van der Waals surface area contributed by atoms with Gasteiger partial charge in [0.1, 0.15) is 12.0 Å². The van der Waals surface area contributed by atoms with Gasteiger partial charge in [0.25, 0.3) is 0 Å². The second kappa shape index (κ2) is 7.02. The number of ether oxygens (including phenoxy) is 2. The summed E-state index contributed by atoms with van der Waals surface area (Å²) in [6.07, 6.45) is 0. The Morgan fingerprint density at radius 3 is 2.39 bits per heavy atom. The van der Waals surface area contributed by atoms with E-state index in [1.165, 1.54) is 0 Å². The molecule has 1 aliphatic heterocycles. The molecule has 0 aliphatic carbocycles. The van der Waals surface area contributed by atoms with E-state index < -0.39 is 0 Å². The van der Waals surface area contributed by atoms with Gasteiger partial charge in [-0.3, -0.25) is 0 Å². The first kappa shape index (κ1) is 15.8. The quantitative estimate of drug-likeness (QED) is 0.468. The number of esters is 1. The van der Waals surface area contributed by atoms with Crippen LogP contribution in [0.4, 0.5) is 0 Å². The van der Waals surface area contributed by atoms with Crippen molar-refractivity contribution in [2.75, 3.05) is 13.7 Å². The van der Waals surface area contributed by atoms with Crippen LogP contribution in [-0.4, -0.2) is 25.1 Å². The Hall–Kier alpha value is -2.04. The Balaban J connectivity index is 1.93. The van der Waals surface area contributed by atoms with Gasteiger partial charge in [-0.05, 0) is 30.2 Å². The summed E-state index contributed by atoms with van der Waals surface area (Å²) in [7, 11) is 1.70. The van der Waals surface area contributed by atoms with Crippen LogP contribution in [0.15, 0.2) is 59.5 Å². The molecule has 0 saturated heterocycles. The van der Waals surface area contributed by atoms with Crippen LogP contribution in [-0.2, 0) is 14.3 Å². The van der Waals surface area contributed by atoms with Crippen molar-refractivity contribution in [1.82, 2.24) is 0 Å². The van der Waals surface area contributed by atoms with E-state index >= 15 is 0 Å². The maximum atomic E-state index is 12.1. The van der Waals surface area contributed by atoms with Gasteiger partial charge in [0.05, 0.1) is 5.57 Å². The molecule has 1 heterocycles. The zero-order valence-corrected chi connectivity index (χ0v) is 13.9. The van der Waals surface area contributed by atoms with Gasteiger partial charge in [-0.15, -0.1) is 0 Å². The maximum absolute atomic E-state index is 12.1. The first-order valence-corrected chi connectivity index (χ1v) is 8.32. The highest BCUT2D eigenvalue weighted by molar-refractivity contribution is 7.99. The molecule has 4 heteroatoms. The zero-order valence-electron chi connectivity index (χ0n) is 13.1. The number of methoxy groups -OCH3 is 1. The summed E-state index contributed by atoms with van der Waals surface area (Å²) in [4.78, 5) is 13.2. The lowest BCUT2D eigenvalue weighted by Gasteiger charge is -2.10. The highest BCUT2D eigenvalue weighted by Crippen LogP contribution is 2.34. The molecule has 0 bridgehead atoms. The fraction of sp³-hybridized carbons (Fsp3) is 0.211. The van der Waals surface area contributed by atoms with E-state index in [9.17, 15) is 4.79 Å². The van der Waals surface area contributed by atoms with E-state index in [4.69, 9.17) is 9.47 Å². The summed E-state index contributed by atoms with van der Waals surface area (Å²) in [6.45, 7) is 2.34. The van der Waals surface area contributed by atoms with Gasteiger partial charge in [0, 0.05) is 17.6 Å². The topological polar surface area (TPSA) is 35.5 Å². The summed E-state index contributed by atoms with van der Waals surface area (Å²) >= 11 is 1.66. The van der Waals surface area contributed by atoms with Gasteiger partial charge in [-0.25, -0.2) is 4.79 Å². The summed E-state index contributed by atoms with van der Waals surface area (Å²) in [5.41, 5.74) is 3.63. The number of thioether (sulfide) groups is 1. The molecule has 1 unspecified atom stereocenters. The molecule has 118 valence electrons. The normalized spacial score (nSPS) is 15.7. The van der Waals surface area contributed by atoms with Gasteiger partial charge in [0.2, 0.25) is 0 Å². The van der Waals surface area contributed by atoms with Crippen LogP contribution in [0.5, 0.6) is 0 Å². The van der Waals surface area contributed by atoms with E-state index in [1.54, 1.807) is 18.9 Å². The highest BCUT2D eigenvalue weighted by Gasteiger charge is 2.26. The minimum Gasteiger partial charge on any atom is -0.457 e. The van der Waals surface area contributed by atoms with Gasteiger partial charge in [-0.2, -0.15) is 0 Å². The Labute approximate surface area is 140 Å². The van der Waals surface area contributed by atoms with E-state index in [2.05, 4.69) is 0 Å². The van der Waals surface area contributed by atoms with Crippen molar-refractivity contribution >= 4 is 28.9 Å². The molecule has 0 aromatic heterocycles. The summed E-state index contributed by atoms with van der Waals surface area (Å²) in [5, 5.41) is 0. The molecule has 1 atom stereocenters. The third-order valence-corrected chi connectivity index (χ3v) is 4.82. The molecular weight excluding hydrogens is 308 g/mol. The van der Waals surface area contributed by atoms with Gasteiger partial charge in [0.15, 0.2) is 0 Å². The molecule has 0 N–H and O–H groups in total. The first-order valence-electron chi connectivity index (χ1n) is 7.44. The molecule has 0 radical (unpaired) electrons. The number of hydrogen-bond acceptors (Lipinski definition) is 4. The molecule has 2 aromatic rings. The van der Waals surface area contributed by atoms with Gasteiger partial charge < -0.3 is 9.47 Å². The van der Waals surface area contributed by atoms with Crippen LogP contribution < -0.4 is 0 Å². The smallest absolute Gasteiger partial charge is 0.339 e. The maximum Gasteiger partial charge on any atom is 0.339 e. The Morgan fingerprint density at radius 2 is 1.74 bits per heavy atom. The predicted molar refractivity (Wildman–Crippen MR) is 93.0 cm³/mol. The average Bonchev–Trinajstić information content (AvgIpc) is 2.98. The van der Waals surface area contributed by atoms with Crippen LogP contribution in [0.2, 0.25) is 0 Å². The van der Waals surface area contributed by atoms with Crippen LogP contribution >= 0.6 is 11.8 Å². The number of cyclic esters (lactones) is 1. The van der Waals surface area contributed by atoms with E-state index in [0.29, 0.717) is 12.2 Å². The highest BCUT2D eigenvalue weighted by atomic mass is 32.2. The third-order valence-electron chi connectivity index (χ3n) is 3.75. The lowest BCUT2D eigenvalue weighted by molar-refractivity contribution is -0.133. The van der Waals surface area contributed by atoms with Crippen molar-refractivity contribution in [1.29, 1.82) is 0 Å². The van der Waals surface area contributed by atoms with Crippen LogP contribution in [0.25, 0.3) is 11.1 Å². The summed E-state index contributed by atoms with van der Waals surface area (Å²) in [5.74, 6) is -0.252. The van der Waals surface area contributed by atoms with Gasteiger partial charge in [-0.1, -0.05) is 54.2 Å². The number of hydrogen-bond donors (Lipinski definition) is 0. The van der Waals surface area contributed by atoms with Crippen LogP contribution in [0.3, 0.4) is 0 Å². The lowest BCUT2D eigenvalue weighted by Crippen LogP contribution is -1.98. The number of rotatable bonds is 5. The number of benzene rings is 2. The molecule has 23 heavy (non-hydrogen) atoms. The molecule has 3 nitrogen and oxygen atoms in total. The monoisotopic (exact) mass is 326 g/mol. The van der Waals surface area contributed by atoms with Crippen molar-refractivity contribution in [2.45, 2.75) is 17.3 Å². The third kappa shape index (κ3) is 3.49. The molecular formula is C19H18O3S. The Morgan fingerprint density at radius 1 is 1.04 bits per heavy atom. The van der Waals surface area contributed by atoms with Crippen molar-refractivity contribution in [2.24, 2.45) is 0 Å². The van der Waals surface area contributed by atoms with Crippen molar-refractivity contribution < 1.29 is 14.3 Å². The van der Waals surface area contributed by atoms with E-state index in [-0.39, 0.29) is 11.4 Å². The van der Waals surface area contributed by atoms with Crippen LogP contribution in [0, 0.1) is 0 Å². The Kier molecular flexibility index (Phi) is 4.84. The van der Waals surface area contributed by atoms with Crippen LogP contribution in [0.1, 0.15) is 18.1 Å². The fourth-order valence-electron chi connectivity index (χ4n) is 2.50. The zero-order chi connectivity index (χ0) is 16.2. The first-order chi connectivity index (χ1) is 11.2. The number of carbonyl (C=O) groups excluding carboxylic acids is 1. The second-order valence-electron chi connectivity index (χ2n) is 5.24. The van der Waals surface area contributed by atoms with E-state index in [0.717, 1.165) is 21.6 Å². The molecule has 0 amide bonds. The molecule has 1 aliphatic rings. The molecule has 2 aromatic carbocycles. The molecule has 0 fully saturated rings. The molecule has 3 rings (SSSR count). The van der Waals surface area contributed by atoms with Crippen molar-refractivity contribution in [3.05, 3.63) is 65.7 Å².